The number of rotatable bonds is 8. The van der Waals surface area contributed by atoms with E-state index >= 15 is 0 Å². The van der Waals surface area contributed by atoms with Crippen molar-refractivity contribution < 1.29 is 29.5 Å². The Bertz CT molecular complexity index is 248. The van der Waals surface area contributed by atoms with Crippen LogP contribution in [-0.2, 0) is 19.4 Å². The third-order valence-corrected chi connectivity index (χ3v) is 2.52. The molecule has 2 atom stereocenters. The van der Waals surface area contributed by atoms with Crippen LogP contribution in [0.4, 0.5) is 4.79 Å². The standard InChI is InChI=1S/C13H26O6/c1-6-8-9-10(7-2)11(16-12(14)17-15)18-19-13(3,4)5/h10-11,15H,6-9H2,1-5H3. The van der Waals surface area contributed by atoms with Crippen LogP contribution in [0, 0.1) is 5.92 Å². The molecule has 114 valence electrons. The summed E-state index contributed by atoms with van der Waals surface area (Å²) in [6, 6.07) is 0. The van der Waals surface area contributed by atoms with E-state index in [0.29, 0.717) is 0 Å². The molecule has 0 saturated heterocycles. The van der Waals surface area contributed by atoms with Crippen LogP contribution in [0.15, 0.2) is 0 Å². The molecule has 0 amide bonds. The lowest BCUT2D eigenvalue weighted by atomic mass is 9.99. The second-order valence-corrected chi connectivity index (χ2v) is 5.43. The van der Waals surface area contributed by atoms with Crippen LogP contribution in [-0.4, -0.2) is 23.3 Å². The number of unbranched alkanes of at least 4 members (excludes halogenated alkanes) is 1. The SMILES string of the molecule is CCCCC(CC)C(OOC(C)(C)C)OC(=O)OO. The van der Waals surface area contributed by atoms with Gasteiger partial charge < -0.3 is 4.74 Å². The molecular formula is C13H26O6. The number of carbonyl (C=O) groups excluding carboxylic acids is 1. The average molecular weight is 278 g/mol. The molecule has 6 heteroatoms. The van der Waals surface area contributed by atoms with E-state index in [2.05, 4.69) is 11.8 Å². The van der Waals surface area contributed by atoms with Gasteiger partial charge in [-0.1, -0.05) is 26.7 Å². The van der Waals surface area contributed by atoms with Crippen LogP contribution in [0.3, 0.4) is 0 Å². The molecule has 0 aliphatic carbocycles. The maximum absolute atomic E-state index is 11.0. The highest BCUT2D eigenvalue weighted by Crippen LogP contribution is 2.23. The Hall–Kier alpha value is -0.850. The van der Waals surface area contributed by atoms with Crippen LogP contribution in [0.5, 0.6) is 0 Å². The van der Waals surface area contributed by atoms with Crippen LogP contribution < -0.4 is 0 Å². The van der Waals surface area contributed by atoms with E-state index in [-0.39, 0.29) is 5.92 Å². The summed E-state index contributed by atoms with van der Waals surface area (Å²) in [5.41, 5.74) is -0.520. The lowest BCUT2D eigenvalue weighted by Crippen LogP contribution is -2.33. The fraction of sp³-hybridized carbons (Fsp3) is 0.923. The molecule has 0 aromatic rings. The quantitative estimate of drug-likeness (QED) is 0.314. The Morgan fingerprint density at radius 1 is 1.26 bits per heavy atom. The van der Waals surface area contributed by atoms with Gasteiger partial charge in [0.05, 0.1) is 5.60 Å². The summed E-state index contributed by atoms with van der Waals surface area (Å²) in [5.74, 6) is -0.0126. The minimum Gasteiger partial charge on any atom is -0.399 e. The van der Waals surface area contributed by atoms with Gasteiger partial charge in [-0.05, 0) is 33.6 Å². The highest BCUT2D eigenvalue weighted by Gasteiger charge is 2.28. The summed E-state index contributed by atoms with van der Waals surface area (Å²) in [4.78, 5) is 24.9. The van der Waals surface area contributed by atoms with Crippen molar-refractivity contribution in [3.05, 3.63) is 0 Å². The van der Waals surface area contributed by atoms with Gasteiger partial charge >= 0.3 is 6.16 Å². The number of hydrogen-bond donors (Lipinski definition) is 1. The first-order valence-corrected chi connectivity index (χ1v) is 6.70. The van der Waals surface area contributed by atoms with Crippen molar-refractivity contribution in [2.75, 3.05) is 0 Å². The van der Waals surface area contributed by atoms with Gasteiger partial charge in [0.1, 0.15) is 0 Å². The number of ether oxygens (including phenoxy) is 1. The van der Waals surface area contributed by atoms with Crippen LogP contribution in [0.2, 0.25) is 0 Å². The smallest absolute Gasteiger partial charge is 0.399 e. The first kappa shape index (κ1) is 18.1. The molecule has 0 rings (SSSR count). The van der Waals surface area contributed by atoms with E-state index in [1.54, 1.807) is 0 Å². The van der Waals surface area contributed by atoms with Crippen molar-refractivity contribution in [1.29, 1.82) is 0 Å². The Kier molecular flexibility index (Phi) is 8.71. The van der Waals surface area contributed by atoms with E-state index in [1.807, 2.05) is 27.7 Å². The zero-order chi connectivity index (χ0) is 14.9. The third-order valence-electron chi connectivity index (χ3n) is 2.52. The normalized spacial score (nSPS) is 14.8. The molecule has 0 aliphatic rings. The number of hydrogen-bond acceptors (Lipinski definition) is 6. The topological polar surface area (TPSA) is 74.2 Å². The molecule has 19 heavy (non-hydrogen) atoms. The molecule has 0 fully saturated rings. The van der Waals surface area contributed by atoms with Gasteiger partial charge in [-0.2, -0.15) is 10.1 Å². The summed E-state index contributed by atoms with van der Waals surface area (Å²) >= 11 is 0. The van der Waals surface area contributed by atoms with Crippen molar-refractivity contribution in [3.8, 4) is 0 Å². The zero-order valence-corrected chi connectivity index (χ0v) is 12.5. The molecule has 6 nitrogen and oxygen atoms in total. The van der Waals surface area contributed by atoms with E-state index in [1.165, 1.54) is 0 Å². The van der Waals surface area contributed by atoms with E-state index in [4.69, 9.17) is 19.8 Å². The maximum atomic E-state index is 11.0. The Labute approximate surface area is 114 Å². The van der Waals surface area contributed by atoms with Crippen molar-refractivity contribution in [2.24, 2.45) is 5.92 Å². The van der Waals surface area contributed by atoms with Crippen LogP contribution >= 0.6 is 0 Å². The lowest BCUT2D eigenvalue weighted by molar-refractivity contribution is -0.421. The monoisotopic (exact) mass is 278 g/mol. The summed E-state index contributed by atoms with van der Waals surface area (Å²) in [5, 5.41) is 8.27. The van der Waals surface area contributed by atoms with Gasteiger partial charge in [0, 0.05) is 5.92 Å². The second kappa shape index (κ2) is 9.12. The number of carbonyl (C=O) groups is 1. The zero-order valence-electron chi connectivity index (χ0n) is 12.5. The van der Waals surface area contributed by atoms with Crippen LogP contribution in [0.25, 0.3) is 0 Å². The van der Waals surface area contributed by atoms with Crippen molar-refractivity contribution >= 4 is 6.16 Å². The summed E-state index contributed by atoms with van der Waals surface area (Å²) in [6.45, 7) is 9.52. The molecule has 1 N–H and O–H groups in total. The van der Waals surface area contributed by atoms with Gasteiger partial charge in [-0.15, -0.1) is 0 Å². The van der Waals surface area contributed by atoms with E-state index in [0.717, 1.165) is 25.7 Å². The summed E-state index contributed by atoms with van der Waals surface area (Å²) < 4.78 is 4.89. The fourth-order valence-electron chi connectivity index (χ4n) is 1.50. The van der Waals surface area contributed by atoms with E-state index < -0.39 is 18.0 Å². The lowest BCUT2D eigenvalue weighted by Gasteiger charge is -2.27. The minimum absolute atomic E-state index is 0.0126. The highest BCUT2D eigenvalue weighted by atomic mass is 17.2. The van der Waals surface area contributed by atoms with Gasteiger partial charge in [0.2, 0.25) is 6.29 Å². The fourth-order valence-corrected chi connectivity index (χ4v) is 1.50. The first-order valence-electron chi connectivity index (χ1n) is 6.70. The first-order chi connectivity index (χ1) is 8.84. The van der Waals surface area contributed by atoms with Crippen molar-refractivity contribution in [1.82, 2.24) is 0 Å². The van der Waals surface area contributed by atoms with Crippen molar-refractivity contribution in [2.45, 2.75) is 72.2 Å². The maximum Gasteiger partial charge on any atom is 0.542 e. The molecule has 0 radical (unpaired) electrons. The molecule has 0 heterocycles. The molecule has 2 unspecified atom stereocenters. The third kappa shape index (κ3) is 8.80. The molecular weight excluding hydrogens is 252 g/mol. The van der Waals surface area contributed by atoms with Gasteiger partial charge in [0.25, 0.3) is 0 Å². The van der Waals surface area contributed by atoms with Gasteiger partial charge in [-0.3, -0.25) is 4.89 Å². The Balaban J connectivity index is 4.56. The van der Waals surface area contributed by atoms with E-state index in [9.17, 15) is 4.79 Å². The van der Waals surface area contributed by atoms with Gasteiger partial charge in [0.15, 0.2) is 0 Å². The second-order valence-electron chi connectivity index (χ2n) is 5.43. The summed E-state index contributed by atoms with van der Waals surface area (Å²) in [6.07, 6.45) is 1.54. The Morgan fingerprint density at radius 2 is 1.89 bits per heavy atom. The average Bonchev–Trinajstić information content (AvgIpc) is 2.35. The minimum atomic E-state index is -1.20. The molecule has 0 spiro atoms. The molecule has 0 saturated carbocycles. The largest absolute Gasteiger partial charge is 0.542 e. The van der Waals surface area contributed by atoms with Crippen LogP contribution in [0.1, 0.15) is 60.3 Å². The highest BCUT2D eigenvalue weighted by molar-refractivity contribution is 5.58. The molecule has 0 bridgehead atoms. The molecule has 0 aromatic carbocycles. The van der Waals surface area contributed by atoms with Crippen molar-refractivity contribution in [3.63, 3.8) is 0 Å². The summed E-state index contributed by atoms with van der Waals surface area (Å²) in [7, 11) is 0. The predicted octanol–water partition coefficient (Wildman–Crippen LogP) is 3.90. The molecule has 0 aliphatic heterocycles. The molecule has 0 aromatic heterocycles. The Morgan fingerprint density at radius 3 is 2.32 bits per heavy atom. The predicted molar refractivity (Wildman–Crippen MR) is 69.2 cm³/mol. The van der Waals surface area contributed by atoms with Gasteiger partial charge in [-0.25, -0.2) is 9.68 Å².